The Balaban J connectivity index is 2.01. The van der Waals surface area contributed by atoms with Crippen LogP contribution in [0.3, 0.4) is 0 Å². The number of aromatic amines is 1. The molecular weight excluding hydrogens is 234 g/mol. The van der Waals surface area contributed by atoms with Crippen molar-refractivity contribution in [3.63, 3.8) is 0 Å². The summed E-state index contributed by atoms with van der Waals surface area (Å²) in [5, 5.41) is 0. The summed E-state index contributed by atoms with van der Waals surface area (Å²) in [6.07, 6.45) is 2.61. The van der Waals surface area contributed by atoms with Crippen LogP contribution in [0.15, 0.2) is 23.1 Å². The molecular formula is C12H15N3O3. The molecule has 0 atom stereocenters. The van der Waals surface area contributed by atoms with E-state index in [9.17, 15) is 14.4 Å². The van der Waals surface area contributed by atoms with E-state index in [1.165, 1.54) is 18.3 Å². The largest absolute Gasteiger partial charge is 0.369 e. The number of nitrogens with two attached hydrogens (primary N) is 1. The van der Waals surface area contributed by atoms with Crippen molar-refractivity contribution in [1.29, 1.82) is 0 Å². The van der Waals surface area contributed by atoms with E-state index >= 15 is 0 Å². The summed E-state index contributed by atoms with van der Waals surface area (Å²) < 4.78 is 0. The Hall–Kier alpha value is -2.11. The highest BCUT2D eigenvalue weighted by molar-refractivity contribution is 5.94. The van der Waals surface area contributed by atoms with E-state index < -0.39 is 0 Å². The summed E-state index contributed by atoms with van der Waals surface area (Å²) in [5.41, 5.74) is 5.45. The number of hydrogen-bond acceptors (Lipinski definition) is 3. The van der Waals surface area contributed by atoms with Gasteiger partial charge in [-0.25, -0.2) is 0 Å². The number of nitrogens with one attached hydrogen (secondary N) is 1. The van der Waals surface area contributed by atoms with Crippen LogP contribution in [0.2, 0.25) is 0 Å². The summed E-state index contributed by atoms with van der Waals surface area (Å²) in [4.78, 5) is 38.1. The lowest BCUT2D eigenvalue weighted by Gasteiger charge is -2.30. The topological polar surface area (TPSA) is 96.3 Å². The number of carbonyl (C=O) groups is 2. The summed E-state index contributed by atoms with van der Waals surface area (Å²) in [6, 6.07) is 2.82. The number of hydrogen-bond donors (Lipinski definition) is 2. The van der Waals surface area contributed by atoms with Crippen LogP contribution in [0.5, 0.6) is 0 Å². The van der Waals surface area contributed by atoms with E-state index in [4.69, 9.17) is 5.73 Å². The lowest BCUT2D eigenvalue weighted by Crippen LogP contribution is -2.41. The van der Waals surface area contributed by atoms with Crippen molar-refractivity contribution in [2.75, 3.05) is 13.1 Å². The Morgan fingerprint density at radius 2 is 1.94 bits per heavy atom. The maximum absolute atomic E-state index is 12.1. The average Bonchev–Trinajstić information content (AvgIpc) is 2.39. The number of carbonyl (C=O) groups excluding carboxylic acids is 2. The van der Waals surface area contributed by atoms with Crippen LogP contribution < -0.4 is 11.3 Å². The number of primary amides is 1. The number of pyridine rings is 1. The molecule has 18 heavy (non-hydrogen) atoms. The number of nitrogens with zero attached hydrogens (tertiary/aromatic N) is 1. The molecule has 0 aromatic carbocycles. The van der Waals surface area contributed by atoms with Crippen LogP contribution in [0.25, 0.3) is 0 Å². The molecule has 0 spiro atoms. The van der Waals surface area contributed by atoms with Gasteiger partial charge in [0.1, 0.15) is 0 Å². The third-order valence-corrected chi connectivity index (χ3v) is 3.22. The van der Waals surface area contributed by atoms with E-state index in [2.05, 4.69) is 4.98 Å². The lowest BCUT2D eigenvalue weighted by atomic mass is 9.96. The fourth-order valence-corrected chi connectivity index (χ4v) is 2.09. The fourth-order valence-electron chi connectivity index (χ4n) is 2.09. The minimum absolute atomic E-state index is 0.130. The fraction of sp³-hybridized carbons (Fsp3) is 0.417. The molecule has 3 N–H and O–H groups in total. The first-order chi connectivity index (χ1) is 8.58. The molecule has 6 heteroatoms. The number of likely N-dealkylation sites (tertiary alicyclic amines) is 1. The molecule has 1 aliphatic heterocycles. The van der Waals surface area contributed by atoms with Crippen molar-refractivity contribution in [3.8, 4) is 0 Å². The molecule has 2 heterocycles. The Labute approximate surface area is 104 Å². The molecule has 2 rings (SSSR count). The van der Waals surface area contributed by atoms with Gasteiger partial charge in [0.05, 0.1) is 5.56 Å². The highest BCUT2D eigenvalue weighted by Crippen LogP contribution is 2.18. The summed E-state index contributed by atoms with van der Waals surface area (Å²) in [6.45, 7) is 1.04. The van der Waals surface area contributed by atoms with Gasteiger partial charge >= 0.3 is 0 Å². The highest BCUT2D eigenvalue weighted by atomic mass is 16.2. The van der Waals surface area contributed by atoms with Crippen LogP contribution in [0, 0.1) is 5.92 Å². The van der Waals surface area contributed by atoms with Gasteiger partial charge in [-0.15, -0.1) is 0 Å². The monoisotopic (exact) mass is 249 g/mol. The third kappa shape index (κ3) is 2.58. The second-order valence-corrected chi connectivity index (χ2v) is 4.41. The van der Waals surface area contributed by atoms with Gasteiger partial charge in [-0.2, -0.15) is 0 Å². The van der Waals surface area contributed by atoms with Gasteiger partial charge in [0.25, 0.3) is 5.91 Å². The minimum atomic E-state index is -0.300. The number of amides is 2. The molecule has 1 aromatic rings. The molecule has 1 fully saturated rings. The second kappa shape index (κ2) is 5.03. The van der Waals surface area contributed by atoms with E-state index in [-0.39, 0.29) is 23.3 Å². The normalized spacial score (nSPS) is 16.6. The van der Waals surface area contributed by atoms with E-state index in [1.807, 2.05) is 0 Å². The van der Waals surface area contributed by atoms with Gasteiger partial charge in [0.15, 0.2) is 0 Å². The molecule has 2 amide bonds. The van der Waals surface area contributed by atoms with Crippen LogP contribution >= 0.6 is 0 Å². The Morgan fingerprint density at radius 3 is 2.44 bits per heavy atom. The Morgan fingerprint density at radius 1 is 1.28 bits per heavy atom. The average molecular weight is 249 g/mol. The first kappa shape index (κ1) is 12.3. The number of piperidine rings is 1. The predicted octanol–water partition coefficient (Wildman–Crippen LogP) is -0.288. The Kier molecular flexibility index (Phi) is 3.45. The van der Waals surface area contributed by atoms with Crippen LogP contribution in [-0.2, 0) is 4.79 Å². The molecule has 6 nitrogen and oxygen atoms in total. The molecule has 96 valence electrons. The van der Waals surface area contributed by atoms with Crippen molar-refractivity contribution in [1.82, 2.24) is 9.88 Å². The number of H-pyrrole nitrogens is 1. The predicted molar refractivity (Wildman–Crippen MR) is 64.9 cm³/mol. The third-order valence-electron chi connectivity index (χ3n) is 3.22. The zero-order valence-electron chi connectivity index (χ0n) is 9.89. The molecule has 1 aliphatic rings. The quantitative estimate of drug-likeness (QED) is 0.754. The molecule has 1 aromatic heterocycles. The van der Waals surface area contributed by atoms with Crippen LogP contribution in [-0.4, -0.2) is 34.8 Å². The summed E-state index contributed by atoms with van der Waals surface area (Å²) in [5.74, 6) is -0.565. The molecule has 0 unspecified atom stereocenters. The van der Waals surface area contributed by atoms with Gasteiger partial charge < -0.3 is 15.6 Å². The van der Waals surface area contributed by atoms with Crippen molar-refractivity contribution in [3.05, 3.63) is 34.2 Å². The van der Waals surface area contributed by atoms with Gasteiger partial charge in [-0.3, -0.25) is 14.4 Å². The van der Waals surface area contributed by atoms with Crippen molar-refractivity contribution >= 4 is 11.8 Å². The first-order valence-electron chi connectivity index (χ1n) is 5.85. The van der Waals surface area contributed by atoms with Crippen LogP contribution in [0.4, 0.5) is 0 Å². The molecule has 1 saturated heterocycles. The first-order valence-corrected chi connectivity index (χ1v) is 5.85. The van der Waals surface area contributed by atoms with Gasteiger partial charge in [0, 0.05) is 31.3 Å². The second-order valence-electron chi connectivity index (χ2n) is 4.41. The van der Waals surface area contributed by atoms with E-state index in [0.29, 0.717) is 31.5 Å². The van der Waals surface area contributed by atoms with Gasteiger partial charge in [0.2, 0.25) is 11.5 Å². The molecule has 0 saturated carbocycles. The number of aromatic nitrogens is 1. The van der Waals surface area contributed by atoms with E-state index in [0.717, 1.165) is 0 Å². The zero-order valence-corrected chi connectivity index (χ0v) is 9.89. The maximum atomic E-state index is 12.1. The van der Waals surface area contributed by atoms with Gasteiger partial charge in [-0.1, -0.05) is 0 Å². The number of rotatable bonds is 2. The maximum Gasteiger partial charge on any atom is 0.255 e. The SMILES string of the molecule is NC(=O)C1CCN(C(=O)c2ccc(=O)[nH]c2)CC1. The summed E-state index contributed by atoms with van der Waals surface area (Å²) >= 11 is 0. The molecule has 0 bridgehead atoms. The van der Waals surface area contributed by atoms with Crippen LogP contribution in [0.1, 0.15) is 23.2 Å². The van der Waals surface area contributed by atoms with Crippen molar-refractivity contribution in [2.24, 2.45) is 11.7 Å². The zero-order chi connectivity index (χ0) is 13.1. The smallest absolute Gasteiger partial charge is 0.255 e. The standard InChI is InChI=1S/C12H15N3O3/c13-11(17)8-3-5-15(6-4-8)12(18)9-1-2-10(16)14-7-9/h1-2,7-8H,3-6H2,(H2,13,17)(H,14,16). The lowest BCUT2D eigenvalue weighted by molar-refractivity contribution is -0.123. The summed E-state index contributed by atoms with van der Waals surface area (Å²) in [7, 11) is 0. The van der Waals surface area contributed by atoms with E-state index in [1.54, 1.807) is 4.90 Å². The molecule has 0 aliphatic carbocycles. The van der Waals surface area contributed by atoms with Crippen molar-refractivity contribution in [2.45, 2.75) is 12.8 Å². The minimum Gasteiger partial charge on any atom is -0.369 e. The molecule has 0 radical (unpaired) electrons. The Bertz CT molecular complexity index is 495. The van der Waals surface area contributed by atoms with Gasteiger partial charge in [-0.05, 0) is 18.9 Å². The highest BCUT2D eigenvalue weighted by Gasteiger charge is 2.26. The van der Waals surface area contributed by atoms with Crippen molar-refractivity contribution < 1.29 is 9.59 Å².